The maximum atomic E-state index is 5.63. The Morgan fingerprint density at radius 3 is 3.25 bits per heavy atom. The van der Waals surface area contributed by atoms with Gasteiger partial charge in [0.2, 0.25) is 0 Å². The van der Waals surface area contributed by atoms with Crippen molar-refractivity contribution in [2.75, 3.05) is 6.54 Å². The molecule has 0 aliphatic heterocycles. The minimum atomic E-state index is 0.664. The SMILES string of the molecule is Cc1nc2c([nH]1)CC(CN)CC2. The van der Waals surface area contributed by atoms with E-state index in [9.17, 15) is 0 Å². The first kappa shape index (κ1) is 7.80. The lowest BCUT2D eigenvalue weighted by Gasteiger charge is -2.18. The summed E-state index contributed by atoms with van der Waals surface area (Å²) in [5, 5.41) is 0. The summed E-state index contributed by atoms with van der Waals surface area (Å²) in [4.78, 5) is 7.72. The number of H-pyrrole nitrogens is 1. The Balaban J connectivity index is 2.22. The van der Waals surface area contributed by atoms with Crippen molar-refractivity contribution >= 4 is 0 Å². The van der Waals surface area contributed by atoms with Gasteiger partial charge in [0.1, 0.15) is 5.82 Å². The highest BCUT2D eigenvalue weighted by Gasteiger charge is 2.19. The van der Waals surface area contributed by atoms with Crippen LogP contribution in [0.1, 0.15) is 23.6 Å². The molecule has 3 N–H and O–H groups in total. The summed E-state index contributed by atoms with van der Waals surface area (Å²) in [6, 6.07) is 0. The molecule has 1 unspecified atom stereocenters. The Morgan fingerprint density at radius 1 is 1.67 bits per heavy atom. The average Bonchev–Trinajstić information content (AvgIpc) is 2.43. The van der Waals surface area contributed by atoms with Crippen LogP contribution in [0.15, 0.2) is 0 Å². The molecule has 3 nitrogen and oxygen atoms in total. The number of hydrogen-bond acceptors (Lipinski definition) is 2. The molecule has 0 saturated heterocycles. The van der Waals surface area contributed by atoms with Crippen LogP contribution in [0, 0.1) is 12.8 Å². The lowest BCUT2D eigenvalue weighted by molar-refractivity contribution is 0.461. The molecule has 1 atom stereocenters. The van der Waals surface area contributed by atoms with Crippen LogP contribution in [0.5, 0.6) is 0 Å². The third-order valence-electron chi connectivity index (χ3n) is 2.60. The Kier molecular flexibility index (Phi) is 1.89. The van der Waals surface area contributed by atoms with Gasteiger partial charge < -0.3 is 10.7 Å². The van der Waals surface area contributed by atoms with Crippen LogP contribution in [0.2, 0.25) is 0 Å². The van der Waals surface area contributed by atoms with Gasteiger partial charge in [-0.3, -0.25) is 0 Å². The monoisotopic (exact) mass is 165 g/mol. The molecule has 2 rings (SSSR count). The van der Waals surface area contributed by atoms with Gasteiger partial charge in [0.05, 0.1) is 5.69 Å². The molecule has 1 aliphatic carbocycles. The molecule has 0 fully saturated rings. The van der Waals surface area contributed by atoms with Gasteiger partial charge in [0.25, 0.3) is 0 Å². The molecular weight excluding hydrogens is 150 g/mol. The number of aryl methyl sites for hydroxylation is 2. The third-order valence-corrected chi connectivity index (χ3v) is 2.60. The largest absolute Gasteiger partial charge is 0.346 e. The van der Waals surface area contributed by atoms with Gasteiger partial charge >= 0.3 is 0 Å². The highest BCUT2D eigenvalue weighted by Crippen LogP contribution is 2.22. The molecule has 12 heavy (non-hydrogen) atoms. The second kappa shape index (κ2) is 2.90. The minimum Gasteiger partial charge on any atom is -0.346 e. The predicted molar refractivity (Wildman–Crippen MR) is 47.9 cm³/mol. The van der Waals surface area contributed by atoms with Crippen molar-refractivity contribution in [1.82, 2.24) is 9.97 Å². The van der Waals surface area contributed by atoms with Crippen LogP contribution < -0.4 is 5.73 Å². The van der Waals surface area contributed by atoms with Crippen LogP contribution in [0.3, 0.4) is 0 Å². The zero-order chi connectivity index (χ0) is 8.55. The predicted octanol–water partition coefficient (Wildman–Crippen LogP) is 0.782. The molecule has 0 spiro atoms. The van der Waals surface area contributed by atoms with Crippen LogP contribution in [-0.2, 0) is 12.8 Å². The van der Waals surface area contributed by atoms with E-state index in [0.717, 1.165) is 25.2 Å². The van der Waals surface area contributed by atoms with Crippen LogP contribution >= 0.6 is 0 Å². The fraction of sp³-hybridized carbons (Fsp3) is 0.667. The fourth-order valence-corrected chi connectivity index (χ4v) is 1.90. The van der Waals surface area contributed by atoms with E-state index >= 15 is 0 Å². The lowest BCUT2D eigenvalue weighted by atomic mass is 9.90. The average molecular weight is 165 g/mol. The van der Waals surface area contributed by atoms with Gasteiger partial charge in [0, 0.05) is 5.69 Å². The minimum absolute atomic E-state index is 0.664. The van der Waals surface area contributed by atoms with E-state index in [1.54, 1.807) is 0 Å². The van der Waals surface area contributed by atoms with Gasteiger partial charge in [-0.2, -0.15) is 0 Å². The standard InChI is InChI=1S/C9H15N3/c1-6-11-8-3-2-7(5-10)4-9(8)12-6/h7H,2-5,10H2,1H3,(H,11,12). The van der Waals surface area contributed by atoms with E-state index in [2.05, 4.69) is 9.97 Å². The smallest absolute Gasteiger partial charge is 0.103 e. The number of aromatic amines is 1. The number of nitrogens with two attached hydrogens (primary N) is 1. The molecule has 1 aromatic heterocycles. The van der Waals surface area contributed by atoms with Crippen LogP contribution in [-0.4, -0.2) is 16.5 Å². The van der Waals surface area contributed by atoms with Gasteiger partial charge in [-0.15, -0.1) is 0 Å². The first-order valence-corrected chi connectivity index (χ1v) is 4.54. The quantitative estimate of drug-likeness (QED) is 0.646. The molecule has 66 valence electrons. The molecule has 0 bridgehead atoms. The maximum absolute atomic E-state index is 5.63. The molecular formula is C9H15N3. The Labute approximate surface area is 72.4 Å². The fourth-order valence-electron chi connectivity index (χ4n) is 1.90. The van der Waals surface area contributed by atoms with E-state index in [1.807, 2.05) is 6.92 Å². The van der Waals surface area contributed by atoms with Crippen molar-refractivity contribution in [3.05, 3.63) is 17.2 Å². The Hall–Kier alpha value is -0.830. The Morgan fingerprint density at radius 2 is 2.50 bits per heavy atom. The molecule has 0 saturated carbocycles. The zero-order valence-corrected chi connectivity index (χ0v) is 7.43. The summed E-state index contributed by atoms with van der Waals surface area (Å²) < 4.78 is 0. The van der Waals surface area contributed by atoms with E-state index in [-0.39, 0.29) is 0 Å². The number of aromatic nitrogens is 2. The number of fused-ring (bicyclic) bond motifs is 1. The zero-order valence-electron chi connectivity index (χ0n) is 7.43. The first-order valence-electron chi connectivity index (χ1n) is 4.54. The molecule has 0 amide bonds. The second-order valence-corrected chi connectivity index (χ2v) is 3.59. The number of hydrogen-bond donors (Lipinski definition) is 2. The summed E-state index contributed by atoms with van der Waals surface area (Å²) in [6.45, 7) is 2.81. The lowest BCUT2D eigenvalue weighted by Crippen LogP contribution is -2.22. The van der Waals surface area contributed by atoms with E-state index in [1.165, 1.54) is 17.8 Å². The highest BCUT2D eigenvalue weighted by molar-refractivity contribution is 5.18. The number of nitrogens with zero attached hydrogens (tertiary/aromatic N) is 1. The molecule has 1 heterocycles. The summed E-state index contributed by atoms with van der Waals surface area (Å²) >= 11 is 0. The van der Waals surface area contributed by atoms with Crippen LogP contribution in [0.25, 0.3) is 0 Å². The summed E-state index contributed by atoms with van der Waals surface area (Å²) in [7, 11) is 0. The third kappa shape index (κ3) is 1.25. The maximum Gasteiger partial charge on any atom is 0.103 e. The van der Waals surface area contributed by atoms with Crippen molar-refractivity contribution in [3.63, 3.8) is 0 Å². The summed E-state index contributed by atoms with van der Waals surface area (Å²) in [5.41, 5.74) is 8.21. The second-order valence-electron chi connectivity index (χ2n) is 3.59. The van der Waals surface area contributed by atoms with Gasteiger partial charge in [-0.25, -0.2) is 4.98 Å². The van der Waals surface area contributed by atoms with Gasteiger partial charge in [-0.1, -0.05) is 0 Å². The number of rotatable bonds is 1. The van der Waals surface area contributed by atoms with E-state index in [4.69, 9.17) is 5.73 Å². The van der Waals surface area contributed by atoms with Crippen molar-refractivity contribution in [3.8, 4) is 0 Å². The first-order chi connectivity index (χ1) is 5.79. The van der Waals surface area contributed by atoms with Crippen molar-refractivity contribution in [2.45, 2.75) is 26.2 Å². The molecule has 3 heteroatoms. The van der Waals surface area contributed by atoms with Crippen molar-refractivity contribution < 1.29 is 0 Å². The molecule has 0 aromatic carbocycles. The Bertz CT molecular complexity index is 277. The van der Waals surface area contributed by atoms with Crippen LogP contribution in [0.4, 0.5) is 0 Å². The summed E-state index contributed by atoms with van der Waals surface area (Å²) in [5.74, 6) is 1.70. The number of nitrogens with one attached hydrogen (secondary N) is 1. The van der Waals surface area contributed by atoms with Gasteiger partial charge in [-0.05, 0) is 38.6 Å². The summed E-state index contributed by atoms with van der Waals surface area (Å²) in [6.07, 6.45) is 3.39. The normalized spacial score (nSPS) is 22.3. The van der Waals surface area contributed by atoms with Crippen molar-refractivity contribution in [1.29, 1.82) is 0 Å². The topological polar surface area (TPSA) is 54.7 Å². The van der Waals surface area contributed by atoms with E-state index < -0.39 is 0 Å². The number of imidazole rings is 1. The van der Waals surface area contributed by atoms with Crippen molar-refractivity contribution in [2.24, 2.45) is 11.7 Å². The van der Waals surface area contributed by atoms with Gasteiger partial charge in [0.15, 0.2) is 0 Å². The highest BCUT2D eigenvalue weighted by atomic mass is 14.9. The molecule has 0 radical (unpaired) electrons. The molecule has 1 aliphatic rings. The van der Waals surface area contributed by atoms with E-state index in [0.29, 0.717) is 5.92 Å². The molecule has 1 aromatic rings.